The van der Waals surface area contributed by atoms with Crippen molar-refractivity contribution in [3.8, 4) is 0 Å². The molecule has 0 spiro atoms. The van der Waals surface area contributed by atoms with Gasteiger partial charge < -0.3 is 9.88 Å². The van der Waals surface area contributed by atoms with E-state index in [9.17, 15) is 4.79 Å². The first-order chi connectivity index (χ1) is 14.7. The zero-order valence-corrected chi connectivity index (χ0v) is 16.9. The summed E-state index contributed by atoms with van der Waals surface area (Å²) in [5.41, 5.74) is 5.24. The number of fused-ring (bicyclic) bond motifs is 1. The number of nitrogens with one attached hydrogen (secondary N) is 1. The third kappa shape index (κ3) is 3.39. The topological polar surface area (TPSA) is 46.9 Å². The van der Waals surface area contributed by atoms with E-state index in [0.29, 0.717) is 6.54 Å². The second-order valence-electron chi connectivity index (χ2n) is 8.17. The lowest BCUT2D eigenvalue weighted by atomic mass is 9.64. The van der Waals surface area contributed by atoms with Crippen LogP contribution in [0.5, 0.6) is 0 Å². The molecule has 0 aliphatic heterocycles. The standard InChI is InChI=1S/C26H25N3O/c30-25(26(14-7-15-26)22-10-2-1-3-11-22)27-17-20-8-6-9-21(16-20)18-29-19-28-23-12-4-5-13-24(23)29/h1-6,8-13,16,19H,7,14-15,17-18H2,(H,27,30). The van der Waals surface area contributed by atoms with Gasteiger partial charge in [0, 0.05) is 13.1 Å². The first-order valence-electron chi connectivity index (χ1n) is 10.6. The van der Waals surface area contributed by atoms with Crippen molar-refractivity contribution in [3.05, 3.63) is 102 Å². The molecule has 5 rings (SSSR count). The predicted molar refractivity (Wildman–Crippen MR) is 119 cm³/mol. The fraction of sp³-hybridized carbons (Fsp3) is 0.231. The number of aromatic nitrogens is 2. The fourth-order valence-corrected chi connectivity index (χ4v) is 4.46. The van der Waals surface area contributed by atoms with E-state index in [-0.39, 0.29) is 11.3 Å². The molecular weight excluding hydrogens is 370 g/mol. The van der Waals surface area contributed by atoms with E-state index < -0.39 is 0 Å². The van der Waals surface area contributed by atoms with Crippen molar-refractivity contribution in [2.24, 2.45) is 0 Å². The van der Waals surface area contributed by atoms with Gasteiger partial charge in [-0.15, -0.1) is 0 Å². The van der Waals surface area contributed by atoms with Crippen molar-refractivity contribution < 1.29 is 4.79 Å². The summed E-state index contributed by atoms with van der Waals surface area (Å²) in [5.74, 6) is 0.144. The normalized spacial score (nSPS) is 14.9. The summed E-state index contributed by atoms with van der Waals surface area (Å²) in [6.07, 6.45) is 4.85. The summed E-state index contributed by atoms with van der Waals surface area (Å²) < 4.78 is 2.16. The molecule has 0 unspecified atom stereocenters. The van der Waals surface area contributed by atoms with Crippen LogP contribution in [0.2, 0.25) is 0 Å². The second kappa shape index (κ2) is 7.79. The van der Waals surface area contributed by atoms with Crippen LogP contribution in [0.25, 0.3) is 11.0 Å². The van der Waals surface area contributed by atoms with Gasteiger partial charge in [0.15, 0.2) is 0 Å². The highest BCUT2D eigenvalue weighted by molar-refractivity contribution is 5.89. The highest BCUT2D eigenvalue weighted by Crippen LogP contribution is 2.43. The summed E-state index contributed by atoms with van der Waals surface area (Å²) in [6.45, 7) is 1.31. The smallest absolute Gasteiger partial charge is 0.230 e. The van der Waals surface area contributed by atoms with Crippen molar-refractivity contribution in [2.45, 2.75) is 37.8 Å². The van der Waals surface area contributed by atoms with E-state index in [4.69, 9.17) is 0 Å². The van der Waals surface area contributed by atoms with Crippen LogP contribution in [0.15, 0.2) is 85.2 Å². The largest absolute Gasteiger partial charge is 0.351 e. The molecule has 0 atom stereocenters. The van der Waals surface area contributed by atoms with Crippen LogP contribution in [-0.2, 0) is 23.3 Å². The van der Waals surface area contributed by atoms with Gasteiger partial charge in [-0.25, -0.2) is 4.98 Å². The molecule has 0 bridgehead atoms. The van der Waals surface area contributed by atoms with E-state index in [2.05, 4.69) is 57.3 Å². The summed E-state index contributed by atoms with van der Waals surface area (Å²) in [4.78, 5) is 17.6. The molecule has 0 saturated heterocycles. The van der Waals surface area contributed by atoms with Gasteiger partial charge in [-0.2, -0.15) is 0 Å². The Balaban J connectivity index is 1.29. The van der Waals surface area contributed by atoms with Crippen LogP contribution in [0.3, 0.4) is 0 Å². The molecule has 30 heavy (non-hydrogen) atoms. The molecule has 1 amide bonds. The molecule has 3 aromatic carbocycles. The maximum absolute atomic E-state index is 13.1. The van der Waals surface area contributed by atoms with E-state index in [1.807, 2.05) is 42.7 Å². The average Bonchev–Trinajstić information content (AvgIpc) is 3.15. The second-order valence-corrected chi connectivity index (χ2v) is 8.17. The van der Waals surface area contributed by atoms with Crippen molar-refractivity contribution >= 4 is 16.9 Å². The number of nitrogens with zero attached hydrogens (tertiary/aromatic N) is 2. The number of imidazole rings is 1. The first kappa shape index (κ1) is 18.6. The van der Waals surface area contributed by atoms with Gasteiger partial charge in [-0.05, 0) is 41.7 Å². The molecule has 1 heterocycles. The summed E-state index contributed by atoms with van der Waals surface area (Å²) in [6, 6.07) is 26.8. The molecule has 1 fully saturated rings. The Morgan fingerprint density at radius 2 is 1.70 bits per heavy atom. The predicted octanol–water partition coefficient (Wildman–Crippen LogP) is 4.82. The third-order valence-corrected chi connectivity index (χ3v) is 6.29. The minimum Gasteiger partial charge on any atom is -0.351 e. The van der Waals surface area contributed by atoms with E-state index in [0.717, 1.165) is 48.0 Å². The highest BCUT2D eigenvalue weighted by atomic mass is 16.2. The SMILES string of the molecule is O=C(NCc1cccc(Cn2cnc3ccccc32)c1)C1(c2ccccc2)CCC1. The van der Waals surface area contributed by atoms with Gasteiger partial charge in [0.05, 0.1) is 22.8 Å². The number of hydrogen-bond donors (Lipinski definition) is 1. The van der Waals surface area contributed by atoms with Gasteiger partial charge in [0.25, 0.3) is 0 Å². The number of benzene rings is 3. The Morgan fingerprint density at radius 1 is 0.933 bits per heavy atom. The lowest BCUT2D eigenvalue weighted by Crippen LogP contribution is -2.48. The first-order valence-corrected chi connectivity index (χ1v) is 10.6. The van der Waals surface area contributed by atoms with E-state index in [1.165, 1.54) is 5.56 Å². The zero-order chi connectivity index (χ0) is 20.4. The van der Waals surface area contributed by atoms with Crippen LogP contribution in [0.4, 0.5) is 0 Å². The summed E-state index contributed by atoms with van der Waals surface area (Å²) >= 11 is 0. The Hall–Kier alpha value is -3.40. The van der Waals surface area contributed by atoms with E-state index >= 15 is 0 Å². The number of amides is 1. The lowest BCUT2D eigenvalue weighted by molar-refractivity contribution is -0.130. The third-order valence-electron chi connectivity index (χ3n) is 6.29. The highest BCUT2D eigenvalue weighted by Gasteiger charge is 2.45. The number of hydrogen-bond acceptors (Lipinski definition) is 2. The Morgan fingerprint density at radius 3 is 2.50 bits per heavy atom. The van der Waals surface area contributed by atoms with Gasteiger partial charge >= 0.3 is 0 Å². The zero-order valence-electron chi connectivity index (χ0n) is 16.9. The van der Waals surface area contributed by atoms with Gasteiger partial charge in [0.2, 0.25) is 5.91 Å². The number of carbonyl (C=O) groups is 1. The Kier molecular flexibility index (Phi) is 4.83. The van der Waals surface area contributed by atoms with E-state index in [1.54, 1.807) is 0 Å². The van der Waals surface area contributed by atoms with Gasteiger partial charge in [-0.1, -0.05) is 73.2 Å². The summed E-state index contributed by atoms with van der Waals surface area (Å²) in [7, 11) is 0. The molecule has 1 aliphatic rings. The molecule has 1 N–H and O–H groups in total. The fourth-order valence-electron chi connectivity index (χ4n) is 4.46. The number of carbonyl (C=O) groups excluding carboxylic acids is 1. The number of para-hydroxylation sites is 2. The van der Waals surface area contributed by atoms with Crippen LogP contribution >= 0.6 is 0 Å². The van der Waals surface area contributed by atoms with Crippen LogP contribution in [0.1, 0.15) is 36.0 Å². The Labute approximate surface area is 176 Å². The molecule has 150 valence electrons. The van der Waals surface area contributed by atoms with Crippen molar-refractivity contribution in [2.75, 3.05) is 0 Å². The molecule has 4 nitrogen and oxygen atoms in total. The monoisotopic (exact) mass is 395 g/mol. The molecule has 1 aromatic heterocycles. The van der Waals surface area contributed by atoms with Gasteiger partial charge in [0.1, 0.15) is 0 Å². The lowest BCUT2D eigenvalue weighted by Gasteiger charge is -2.40. The molecule has 1 saturated carbocycles. The molecule has 4 aromatic rings. The van der Waals surface area contributed by atoms with Crippen molar-refractivity contribution in [1.29, 1.82) is 0 Å². The van der Waals surface area contributed by atoms with Crippen LogP contribution in [0, 0.1) is 0 Å². The molecule has 4 heteroatoms. The maximum Gasteiger partial charge on any atom is 0.230 e. The average molecular weight is 396 g/mol. The molecular formula is C26H25N3O. The summed E-state index contributed by atoms with van der Waals surface area (Å²) in [5, 5.41) is 3.20. The number of rotatable bonds is 6. The minimum atomic E-state index is -0.353. The molecule has 0 radical (unpaired) electrons. The Bertz CT molecular complexity index is 1180. The minimum absolute atomic E-state index is 0.144. The van der Waals surface area contributed by atoms with Crippen molar-refractivity contribution in [1.82, 2.24) is 14.9 Å². The van der Waals surface area contributed by atoms with Crippen LogP contribution in [-0.4, -0.2) is 15.5 Å². The van der Waals surface area contributed by atoms with Crippen molar-refractivity contribution in [3.63, 3.8) is 0 Å². The quantitative estimate of drug-likeness (QED) is 0.509. The maximum atomic E-state index is 13.1. The molecule has 1 aliphatic carbocycles. The van der Waals surface area contributed by atoms with Crippen LogP contribution < -0.4 is 5.32 Å². The van der Waals surface area contributed by atoms with Gasteiger partial charge in [-0.3, -0.25) is 4.79 Å².